The lowest BCUT2D eigenvalue weighted by atomic mass is 10.0. The summed E-state index contributed by atoms with van der Waals surface area (Å²) < 4.78 is 0. The van der Waals surface area contributed by atoms with Crippen LogP contribution in [-0.4, -0.2) is 17.8 Å². The van der Waals surface area contributed by atoms with Crippen LogP contribution in [0.3, 0.4) is 0 Å². The van der Waals surface area contributed by atoms with E-state index in [2.05, 4.69) is 29.4 Å². The molecule has 0 bridgehead atoms. The smallest absolute Gasteiger partial charge is 0.249 e. The Bertz CT molecular complexity index is 963. The quantitative estimate of drug-likeness (QED) is 0.435. The molecule has 140 valence electrons. The van der Waals surface area contributed by atoms with Gasteiger partial charge in [0.25, 0.3) is 0 Å². The fraction of sp³-hybridized carbons (Fsp3) is 0.125. The van der Waals surface area contributed by atoms with E-state index in [1.165, 1.54) is 11.6 Å². The Balaban J connectivity index is 1.70. The molecule has 1 N–H and O–H groups in total. The Morgan fingerprint density at radius 1 is 0.964 bits per heavy atom. The largest absolute Gasteiger partial charge is 0.322 e. The van der Waals surface area contributed by atoms with E-state index in [-0.39, 0.29) is 5.91 Å². The van der Waals surface area contributed by atoms with Crippen molar-refractivity contribution in [2.24, 2.45) is 10.2 Å². The van der Waals surface area contributed by atoms with Crippen LogP contribution in [0.5, 0.6) is 0 Å². The minimum atomic E-state index is -0.202. The van der Waals surface area contributed by atoms with Crippen molar-refractivity contribution in [2.45, 2.75) is 19.8 Å². The van der Waals surface area contributed by atoms with Crippen molar-refractivity contribution < 1.29 is 4.79 Å². The second kappa shape index (κ2) is 9.42. The fourth-order valence-electron chi connectivity index (χ4n) is 2.67. The molecule has 0 heterocycles. The lowest BCUT2D eigenvalue weighted by molar-refractivity contribution is -0.111. The summed E-state index contributed by atoms with van der Waals surface area (Å²) in [6.07, 6.45) is 10.6. The third-order valence-corrected chi connectivity index (χ3v) is 4.24. The molecule has 2 aromatic rings. The van der Waals surface area contributed by atoms with Gasteiger partial charge in [0.1, 0.15) is 0 Å². The van der Waals surface area contributed by atoms with E-state index in [9.17, 15) is 4.79 Å². The number of hydrogen-bond acceptors (Lipinski definition) is 3. The first kappa shape index (κ1) is 19.2. The number of benzene rings is 2. The first-order chi connectivity index (χ1) is 13.6. The number of rotatable bonds is 5. The molecular weight excluding hydrogens is 346 g/mol. The Morgan fingerprint density at radius 3 is 2.39 bits per heavy atom. The number of anilines is 1. The zero-order valence-electron chi connectivity index (χ0n) is 16.0. The van der Waals surface area contributed by atoms with Crippen molar-refractivity contribution in [3.8, 4) is 0 Å². The van der Waals surface area contributed by atoms with Gasteiger partial charge in [-0.25, -0.2) is 0 Å². The van der Waals surface area contributed by atoms with Gasteiger partial charge in [0.05, 0.1) is 11.9 Å². The molecule has 4 heteroatoms. The molecule has 3 rings (SSSR count). The number of hydrogen-bond donors (Lipinski definition) is 1. The summed E-state index contributed by atoms with van der Waals surface area (Å²) >= 11 is 0. The predicted molar refractivity (Wildman–Crippen MR) is 117 cm³/mol. The standard InChI is InChI=1S/C24H23N3O/c1-18(2)20-12-14-22(15-13-20)26-24(28)16-21-10-6-7-11-23(21)27-25-17-19-8-4-3-5-9-19/h3-18H,1-2H3,(H,26,28). The van der Waals surface area contributed by atoms with Crippen LogP contribution in [0, 0.1) is 0 Å². The van der Waals surface area contributed by atoms with Crippen LogP contribution in [0.4, 0.5) is 5.69 Å². The van der Waals surface area contributed by atoms with E-state index in [4.69, 9.17) is 0 Å². The van der Waals surface area contributed by atoms with Gasteiger partial charge in [-0.05, 0) is 35.3 Å². The van der Waals surface area contributed by atoms with Crippen LogP contribution in [-0.2, 0) is 4.79 Å². The van der Waals surface area contributed by atoms with Crippen molar-refractivity contribution in [3.63, 3.8) is 0 Å². The molecule has 0 fully saturated rings. The number of allylic oxidation sites excluding steroid dienone is 5. The van der Waals surface area contributed by atoms with E-state index in [0.717, 1.165) is 11.3 Å². The molecule has 0 radical (unpaired) electrons. The lowest BCUT2D eigenvalue weighted by Gasteiger charge is -2.08. The van der Waals surface area contributed by atoms with Crippen molar-refractivity contribution >= 4 is 23.5 Å². The second-order valence-corrected chi connectivity index (χ2v) is 6.72. The molecule has 1 amide bonds. The molecule has 2 aromatic carbocycles. The Morgan fingerprint density at radius 2 is 1.68 bits per heavy atom. The Hall–Kier alpha value is -3.53. The zero-order valence-corrected chi connectivity index (χ0v) is 16.0. The minimum absolute atomic E-state index is 0.202. The zero-order chi connectivity index (χ0) is 19.8. The van der Waals surface area contributed by atoms with Crippen LogP contribution < -0.4 is 5.32 Å². The molecule has 0 saturated heterocycles. The summed E-state index contributed by atoms with van der Waals surface area (Å²) in [6.45, 7) is 4.28. The third-order valence-electron chi connectivity index (χ3n) is 4.24. The molecular formula is C24H23N3O. The molecule has 28 heavy (non-hydrogen) atoms. The molecule has 1 aliphatic carbocycles. The van der Waals surface area contributed by atoms with E-state index >= 15 is 0 Å². The summed E-state index contributed by atoms with van der Waals surface area (Å²) in [5.74, 6) is 0.258. The average molecular weight is 369 g/mol. The monoisotopic (exact) mass is 369 g/mol. The summed E-state index contributed by atoms with van der Waals surface area (Å²) in [4.78, 5) is 12.4. The molecule has 0 saturated carbocycles. The fourth-order valence-corrected chi connectivity index (χ4v) is 2.67. The number of nitrogens with zero attached hydrogens (tertiary/aromatic N) is 2. The highest BCUT2D eigenvalue weighted by molar-refractivity contribution is 6.16. The molecule has 4 nitrogen and oxygen atoms in total. The SMILES string of the molecule is CC(C)c1ccc(NC(=O)C=C2C=CC=CC2=NN=Cc2ccccc2)cc1. The van der Waals surface area contributed by atoms with Gasteiger partial charge >= 0.3 is 0 Å². The van der Waals surface area contributed by atoms with Gasteiger partial charge in [0, 0.05) is 17.3 Å². The van der Waals surface area contributed by atoms with Crippen molar-refractivity contribution in [3.05, 3.63) is 102 Å². The number of carbonyl (C=O) groups is 1. The van der Waals surface area contributed by atoms with Crippen molar-refractivity contribution in [1.29, 1.82) is 0 Å². The Kier molecular flexibility index (Phi) is 6.47. The predicted octanol–water partition coefficient (Wildman–Crippen LogP) is 5.28. The van der Waals surface area contributed by atoms with Gasteiger partial charge in [-0.3, -0.25) is 4.79 Å². The van der Waals surface area contributed by atoms with E-state index in [1.54, 1.807) is 6.21 Å². The van der Waals surface area contributed by atoms with E-state index in [1.807, 2.05) is 78.9 Å². The maximum absolute atomic E-state index is 12.4. The van der Waals surface area contributed by atoms with Gasteiger partial charge < -0.3 is 5.32 Å². The van der Waals surface area contributed by atoms with Gasteiger partial charge in [-0.1, -0.05) is 74.5 Å². The molecule has 0 aromatic heterocycles. The van der Waals surface area contributed by atoms with Crippen LogP contribution >= 0.6 is 0 Å². The summed E-state index contributed by atoms with van der Waals surface area (Å²) in [6, 6.07) is 17.6. The molecule has 1 aliphatic rings. The first-order valence-electron chi connectivity index (χ1n) is 9.25. The number of amides is 1. The highest BCUT2D eigenvalue weighted by Crippen LogP contribution is 2.17. The van der Waals surface area contributed by atoms with E-state index in [0.29, 0.717) is 17.2 Å². The summed E-state index contributed by atoms with van der Waals surface area (Å²) in [7, 11) is 0. The van der Waals surface area contributed by atoms with Crippen LogP contribution in [0.2, 0.25) is 0 Å². The maximum Gasteiger partial charge on any atom is 0.249 e. The first-order valence-corrected chi connectivity index (χ1v) is 9.25. The third kappa shape index (κ3) is 5.48. The highest BCUT2D eigenvalue weighted by atomic mass is 16.1. The normalized spacial score (nSPS) is 16.4. The van der Waals surface area contributed by atoms with Gasteiger partial charge in [-0.2, -0.15) is 10.2 Å². The lowest BCUT2D eigenvalue weighted by Crippen LogP contribution is -2.11. The topological polar surface area (TPSA) is 53.8 Å². The van der Waals surface area contributed by atoms with Crippen molar-refractivity contribution in [1.82, 2.24) is 0 Å². The average Bonchev–Trinajstić information content (AvgIpc) is 2.70. The van der Waals surface area contributed by atoms with Gasteiger partial charge in [0.15, 0.2) is 0 Å². The molecule has 0 spiro atoms. The molecule has 0 aliphatic heterocycles. The molecule has 0 atom stereocenters. The highest BCUT2D eigenvalue weighted by Gasteiger charge is 2.08. The minimum Gasteiger partial charge on any atom is -0.322 e. The summed E-state index contributed by atoms with van der Waals surface area (Å²) in [5.41, 5.74) is 4.32. The number of carbonyl (C=O) groups excluding carboxylic acids is 1. The summed E-state index contributed by atoms with van der Waals surface area (Å²) in [5, 5.41) is 11.3. The molecule has 0 unspecified atom stereocenters. The van der Waals surface area contributed by atoms with Gasteiger partial charge in [0.2, 0.25) is 5.91 Å². The van der Waals surface area contributed by atoms with Crippen LogP contribution in [0.25, 0.3) is 0 Å². The number of nitrogens with one attached hydrogen (secondary N) is 1. The van der Waals surface area contributed by atoms with Crippen molar-refractivity contribution in [2.75, 3.05) is 5.32 Å². The van der Waals surface area contributed by atoms with E-state index < -0.39 is 0 Å². The Labute approximate surface area is 165 Å². The second-order valence-electron chi connectivity index (χ2n) is 6.72. The van der Waals surface area contributed by atoms with Gasteiger partial charge in [-0.15, -0.1) is 0 Å². The van der Waals surface area contributed by atoms with Crippen LogP contribution in [0.1, 0.15) is 30.9 Å². The van der Waals surface area contributed by atoms with Crippen LogP contribution in [0.15, 0.2) is 101 Å². The maximum atomic E-state index is 12.4.